The molecule has 80 valence electrons. The fraction of sp³-hybridized carbons (Fsp3) is 0.538. The van der Waals surface area contributed by atoms with E-state index in [9.17, 15) is 0 Å². The van der Waals surface area contributed by atoms with Crippen molar-refractivity contribution in [3.05, 3.63) is 36.2 Å². The zero-order chi connectivity index (χ0) is 11.1. The van der Waals surface area contributed by atoms with Crippen LogP contribution in [0.2, 0.25) is 0 Å². The number of rotatable bonds is 6. The molecule has 0 radical (unpaired) electrons. The van der Waals surface area contributed by atoms with E-state index >= 15 is 0 Å². The van der Waals surface area contributed by atoms with E-state index in [1.807, 2.05) is 6.92 Å². The van der Waals surface area contributed by atoms with Crippen molar-refractivity contribution in [3.8, 4) is 0 Å². The van der Waals surface area contributed by atoms with Gasteiger partial charge >= 0.3 is 0 Å². The summed E-state index contributed by atoms with van der Waals surface area (Å²) in [4.78, 5) is 0. The van der Waals surface area contributed by atoms with Gasteiger partial charge in [-0.25, -0.2) is 0 Å². The molecule has 0 aromatic rings. The standard InChI is InChI=1S/C13H23N/c1-7-13(9-8-10(2)3)14-12(6)11(4)5/h9,11,14H,2,6-8H2,1,3-5H3/b13-9-. The van der Waals surface area contributed by atoms with Gasteiger partial charge in [0.05, 0.1) is 0 Å². The maximum absolute atomic E-state index is 3.99. The van der Waals surface area contributed by atoms with Gasteiger partial charge in [0.15, 0.2) is 0 Å². The van der Waals surface area contributed by atoms with Gasteiger partial charge < -0.3 is 5.32 Å². The summed E-state index contributed by atoms with van der Waals surface area (Å²) >= 11 is 0. The van der Waals surface area contributed by atoms with E-state index in [4.69, 9.17) is 0 Å². The minimum absolute atomic E-state index is 0.481. The van der Waals surface area contributed by atoms with Crippen LogP contribution in [-0.2, 0) is 0 Å². The molecule has 0 saturated heterocycles. The maximum Gasteiger partial charge on any atom is 0.0108 e. The van der Waals surface area contributed by atoms with Crippen LogP contribution in [0.5, 0.6) is 0 Å². The van der Waals surface area contributed by atoms with Gasteiger partial charge in [-0.05, 0) is 25.7 Å². The lowest BCUT2D eigenvalue weighted by molar-refractivity contribution is 0.691. The first-order valence-corrected chi connectivity index (χ1v) is 5.26. The zero-order valence-electron chi connectivity index (χ0n) is 9.98. The third-order valence-corrected chi connectivity index (χ3v) is 2.10. The summed E-state index contributed by atoms with van der Waals surface area (Å²) in [6.45, 7) is 16.3. The molecule has 0 aliphatic carbocycles. The predicted octanol–water partition coefficient (Wildman–Crippen LogP) is 4.01. The van der Waals surface area contributed by atoms with Crippen molar-refractivity contribution < 1.29 is 0 Å². The second-order valence-electron chi connectivity index (χ2n) is 4.05. The van der Waals surface area contributed by atoms with Crippen molar-refractivity contribution in [3.63, 3.8) is 0 Å². The molecule has 0 fully saturated rings. The lowest BCUT2D eigenvalue weighted by Crippen LogP contribution is -2.15. The predicted molar refractivity (Wildman–Crippen MR) is 64.9 cm³/mol. The Balaban J connectivity index is 4.21. The van der Waals surface area contributed by atoms with Crippen molar-refractivity contribution in [1.82, 2.24) is 5.32 Å². The van der Waals surface area contributed by atoms with Gasteiger partial charge in [-0.2, -0.15) is 0 Å². The highest BCUT2D eigenvalue weighted by atomic mass is 14.9. The third kappa shape index (κ3) is 5.63. The van der Waals surface area contributed by atoms with Crippen molar-refractivity contribution in [1.29, 1.82) is 0 Å². The normalized spacial score (nSPS) is 11.6. The number of hydrogen-bond acceptors (Lipinski definition) is 1. The summed E-state index contributed by atoms with van der Waals surface area (Å²) in [5.41, 5.74) is 3.51. The van der Waals surface area contributed by atoms with Crippen LogP contribution < -0.4 is 5.32 Å². The first-order valence-electron chi connectivity index (χ1n) is 5.26. The molecule has 0 amide bonds. The summed E-state index contributed by atoms with van der Waals surface area (Å²) in [6, 6.07) is 0. The SMILES string of the molecule is C=C(C)C/C=C(/CC)NC(=C)C(C)C. The molecule has 1 heteroatoms. The minimum atomic E-state index is 0.481. The Kier molecular flexibility index (Phi) is 6.02. The first-order chi connectivity index (χ1) is 6.47. The minimum Gasteiger partial charge on any atom is -0.363 e. The lowest BCUT2D eigenvalue weighted by atomic mass is 10.1. The molecule has 0 aliphatic rings. The van der Waals surface area contributed by atoms with Gasteiger partial charge in [-0.3, -0.25) is 0 Å². The van der Waals surface area contributed by atoms with E-state index in [0.29, 0.717) is 5.92 Å². The Labute approximate surface area is 88.6 Å². The Morgan fingerprint density at radius 1 is 1.36 bits per heavy atom. The largest absolute Gasteiger partial charge is 0.363 e. The fourth-order valence-electron chi connectivity index (χ4n) is 0.932. The van der Waals surface area contributed by atoms with E-state index in [0.717, 1.165) is 18.5 Å². The lowest BCUT2D eigenvalue weighted by Gasteiger charge is -2.14. The zero-order valence-corrected chi connectivity index (χ0v) is 9.98. The van der Waals surface area contributed by atoms with Crippen LogP contribution in [0.15, 0.2) is 36.2 Å². The molecule has 1 nitrogen and oxygen atoms in total. The number of hydrogen-bond donors (Lipinski definition) is 1. The molecule has 0 bridgehead atoms. The Morgan fingerprint density at radius 3 is 2.29 bits per heavy atom. The molecule has 0 aromatic carbocycles. The molecule has 0 aliphatic heterocycles. The average Bonchev–Trinajstić information content (AvgIpc) is 2.11. The number of allylic oxidation sites excluding steroid dienone is 4. The quantitative estimate of drug-likeness (QED) is 0.629. The van der Waals surface area contributed by atoms with E-state index in [2.05, 4.69) is 45.3 Å². The van der Waals surface area contributed by atoms with Crippen LogP contribution in [0.1, 0.15) is 40.5 Å². The summed E-state index contributed by atoms with van der Waals surface area (Å²) in [7, 11) is 0. The Hall–Kier alpha value is -0.980. The molecule has 1 N–H and O–H groups in total. The summed E-state index contributed by atoms with van der Waals surface area (Å²) in [6.07, 6.45) is 4.15. The molecular formula is C13H23N. The molecule has 14 heavy (non-hydrogen) atoms. The summed E-state index contributed by atoms with van der Waals surface area (Å²) in [5, 5.41) is 3.35. The first kappa shape index (κ1) is 13.0. The van der Waals surface area contributed by atoms with Crippen LogP contribution in [0, 0.1) is 5.92 Å². The van der Waals surface area contributed by atoms with Gasteiger partial charge in [0.1, 0.15) is 0 Å². The Bertz CT molecular complexity index is 234. The van der Waals surface area contributed by atoms with Crippen LogP contribution in [0.25, 0.3) is 0 Å². The van der Waals surface area contributed by atoms with Crippen molar-refractivity contribution in [2.75, 3.05) is 0 Å². The highest BCUT2D eigenvalue weighted by Crippen LogP contribution is 2.09. The highest BCUT2D eigenvalue weighted by molar-refractivity contribution is 5.12. The number of nitrogens with one attached hydrogen (secondary N) is 1. The van der Waals surface area contributed by atoms with Crippen molar-refractivity contribution in [2.45, 2.75) is 40.5 Å². The second kappa shape index (κ2) is 6.47. The van der Waals surface area contributed by atoms with Crippen LogP contribution in [0.4, 0.5) is 0 Å². The average molecular weight is 193 g/mol. The van der Waals surface area contributed by atoms with Gasteiger partial charge in [-0.1, -0.05) is 45.6 Å². The maximum atomic E-state index is 3.99. The monoisotopic (exact) mass is 193 g/mol. The Morgan fingerprint density at radius 2 is 1.93 bits per heavy atom. The van der Waals surface area contributed by atoms with Crippen LogP contribution in [-0.4, -0.2) is 0 Å². The van der Waals surface area contributed by atoms with Gasteiger partial charge in [-0.15, -0.1) is 0 Å². The van der Waals surface area contributed by atoms with Gasteiger partial charge in [0.2, 0.25) is 0 Å². The molecule has 0 spiro atoms. The van der Waals surface area contributed by atoms with E-state index in [1.54, 1.807) is 0 Å². The second-order valence-corrected chi connectivity index (χ2v) is 4.05. The molecule has 0 rings (SSSR count). The molecule has 0 aromatic heterocycles. The van der Waals surface area contributed by atoms with Gasteiger partial charge in [0, 0.05) is 11.4 Å². The molecule has 0 unspecified atom stereocenters. The van der Waals surface area contributed by atoms with Crippen LogP contribution in [0.3, 0.4) is 0 Å². The van der Waals surface area contributed by atoms with Gasteiger partial charge in [0.25, 0.3) is 0 Å². The third-order valence-electron chi connectivity index (χ3n) is 2.10. The smallest absolute Gasteiger partial charge is 0.0108 e. The van der Waals surface area contributed by atoms with E-state index in [1.165, 1.54) is 11.3 Å². The van der Waals surface area contributed by atoms with Crippen LogP contribution >= 0.6 is 0 Å². The summed E-state index contributed by atoms with van der Waals surface area (Å²) in [5.74, 6) is 0.481. The molecule has 0 heterocycles. The van der Waals surface area contributed by atoms with Crippen molar-refractivity contribution in [2.24, 2.45) is 5.92 Å². The summed E-state index contributed by atoms with van der Waals surface area (Å²) < 4.78 is 0. The van der Waals surface area contributed by atoms with E-state index < -0.39 is 0 Å². The van der Waals surface area contributed by atoms with Crippen molar-refractivity contribution >= 4 is 0 Å². The molecule has 0 atom stereocenters. The fourth-order valence-corrected chi connectivity index (χ4v) is 0.932. The topological polar surface area (TPSA) is 12.0 Å². The van der Waals surface area contributed by atoms with E-state index in [-0.39, 0.29) is 0 Å². The highest BCUT2D eigenvalue weighted by Gasteiger charge is 2.00. The molecular weight excluding hydrogens is 170 g/mol. The molecule has 0 saturated carbocycles.